The number of nitrogens with zero attached hydrogens (tertiary/aromatic N) is 1. The number of H-pyrrole nitrogens is 2. The summed E-state index contributed by atoms with van der Waals surface area (Å²) in [5, 5.41) is 11.3. The highest BCUT2D eigenvalue weighted by atomic mass is 32.1. The van der Waals surface area contributed by atoms with Crippen molar-refractivity contribution in [3.8, 4) is 11.5 Å². The number of aromatic nitrogens is 2. The molecule has 0 saturated heterocycles. The van der Waals surface area contributed by atoms with E-state index in [0.29, 0.717) is 22.6 Å². The second-order valence-electron chi connectivity index (χ2n) is 4.78. The van der Waals surface area contributed by atoms with Crippen molar-refractivity contribution in [3.05, 3.63) is 54.2 Å². The van der Waals surface area contributed by atoms with E-state index < -0.39 is 4.92 Å². The van der Waals surface area contributed by atoms with Crippen LogP contribution in [0.4, 0.5) is 5.69 Å². The predicted molar refractivity (Wildman–Crippen MR) is 86.0 cm³/mol. The molecule has 8 nitrogen and oxygen atoms in total. The normalized spacial score (nSPS) is 10.4. The lowest BCUT2D eigenvalue weighted by molar-refractivity contribution is -0.385. The first-order chi connectivity index (χ1) is 10.9. The Kier molecular flexibility index (Phi) is 4.80. The standard InChI is InChI=1S/C14H15N3O5S/c1-7-9(13(18)16-14(23)15-7)4-8-5-11(21-2)12(22-3)6-10(8)17(19)20/h5-6H,4H2,1-3H3,(H2,15,16,18,23). The molecule has 1 aromatic carbocycles. The number of aryl methyl sites for hydroxylation is 1. The van der Waals surface area contributed by atoms with Crippen LogP contribution in [0.25, 0.3) is 0 Å². The van der Waals surface area contributed by atoms with Crippen LogP contribution >= 0.6 is 12.2 Å². The van der Waals surface area contributed by atoms with Gasteiger partial charge in [0.25, 0.3) is 11.2 Å². The molecule has 0 fully saturated rings. The summed E-state index contributed by atoms with van der Waals surface area (Å²) in [4.78, 5) is 28.1. The number of rotatable bonds is 5. The van der Waals surface area contributed by atoms with E-state index in [-0.39, 0.29) is 28.2 Å². The lowest BCUT2D eigenvalue weighted by Gasteiger charge is -2.11. The van der Waals surface area contributed by atoms with Gasteiger partial charge in [0.2, 0.25) is 0 Å². The molecule has 2 N–H and O–H groups in total. The van der Waals surface area contributed by atoms with E-state index in [0.717, 1.165) is 0 Å². The van der Waals surface area contributed by atoms with Gasteiger partial charge >= 0.3 is 0 Å². The summed E-state index contributed by atoms with van der Waals surface area (Å²) in [5.41, 5.74) is 0.739. The largest absolute Gasteiger partial charge is 0.493 e. The smallest absolute Gasteiger partial charge is 0.276 e. The maximum Gasteiger partial charge on any atom is 0.276 e. The van der Waals surface area contributed by atoms with Crippen molar-refractivity contribution in [2.24, 2.45) is 0 Å². The fourth-order valence-corrected chi connectivity index (χ4v) is 2.50. The third kappa shape index (κ3) is 3.39. The first kappa shape index (κ1) is 16.7. The van der Waals surface area contributed by atoms with Gasteiger partial charge in [-0.15, -0.1) is 0 Å². The zero-order chi connectivity index (χ0) is 17.1. The SMILES string of the molecule is COc1cc(Cc2c(C)[nH]c(=S)[nH]c2=O)c([N+](=O)[O-])cc1OC. The highest BCUT2D eigenvalue weighted by Gasteiger charge is 2.21. The molecule has 0 amide bonds. The minimum Gasteiger partial charge on any atom is -0.493 e. The number of nitro benzene ring substituents is 1. The van der Waals surface area contributed by atoms with Crippen LogP contribution in [-0.4, -0.2) is 29.1 Å². The summed E-state index contributed by atoms with van der Waals surface area (Å²) >= 11 is 4.90. The number of ether oxygens (including phenoxy) is 2. The summed E-state index contributed by atoms with van der Waals surface area (Å²) in [6, 6.07) is 2.78. The van der Waals surface area contributed by atoms with E-state index in [9.17, 15) is 14.9 Å². The zero-order valence-electron chi connectivity index (χ0n) is 12.8. The van der Waals surface area contributed by atoms with Crippen molar-refractivity contribution in [2.45, 2.75) is 13.3 Å². The van der Waals surface area contributed by atoms with Gasteiger partial charge in [-0.05, 0) is 25.2 Å². The molecule has 23 heavy (non-hydrogen) atoms. The molecule has 122 valence electrons. The van der Waals surface area contributed by atoms with Gasteiger partial charge in [0, 0.05) is 23.2 Å². The van der Waals surface area contributed by atoms with E-state index in [1.807, 2.05) is 0 Å². The molecule has 0 atom stereocenters. The number of hydrogen-bond acceptors (Lipinski definition) is 6. The Bertz CT molecular complexity index is 872. The molecule has 1 aromatic heterocycles. The fourth-order valence-electron chi connectivity index (χ4n) is 2.25. The van der Waals surface area contributed by atoms with Crippen LogP contribution < -0.4 is 15.0 Å². The van der Waals surface area contributed by atoms with E-state index in [1.165, 1.54) is 26.4 Å². The molecule has 9 heteroatoms. The topological polar surface area (TPSA) is 110 Å². The average Bonchev–Trinajstić information content (AvgIpc) is 2.49. The highest BCUT2D eigenvalue weighted by molar-refractivity contribution is 7.71. The summed E-state index contributed by atoms with van der Waals surface area (Å²) in [6.07, 6.45) is 0.0595. The number of aromatic amines is 2. The second-order valence-corrected chi connectivity index (χ2v) is 5.19. The van der Waals surface area contributed by atoms with Crippen LogP contribution in [0.15, 0.2) is 16.9 Å². The predicted octanol–water partition coefficient (Wildman–Crippen LogP) is 2.26. The van der Waals surface area contributed by atoms with Gasteiger partial charge in [-0.3, -0.25) is 19.9 Å². The van der Waals surface area contributed by atoms with Gasteiger partial charge in [0.1, 0.15) is 0 Å². The summed E-state index contributed by atoms with van der Waals surface area (Å²) in [7, 11) is 2.83. The monoisotopic (exact) mass is 337 g/mol. The minimum absolute atomic E-state index is 0.0595. The molecule has 0 aliphatic heterocycles. The van der Waals surface area contributed by atoms with Gasteiger partial charge in [0.05, 0.1) is 25.2 Å². The van der Waals surface area contributed by atoms with Crippen molar-refractivity contribution in [2.75, 3.05) is 14.2 Å². The average molecular weight is 337 g/mol. The first-order valence-electron chi connectivity index (χ1n) is 6.58. The molecule has 0 spiro atoms. The molecular weight excluding hydrogens is 322 g/mol. The van der Waals surface area contributed by atoms with Crippen LogP contribution in [0.5, 0.6) is 11.5 Å². The van der Waals surface area contributed by atoms with Crippen LogP contribution in [-0.2, 0) is 6.42 Å². The zero-order valence-corrected chi connectivity index (χ0v) is 13.6. The summed E-state index contributed by atoms with van der Waals surface area (Å²) in [6.45, 7) is 1.69. The molecule has 1 heterocycles. The van der Waals surface area contributed by atoms with Crippen molar-refractivity contribution in [1.82, 2.24) is 9.97 Å². The van der Waals surface area contributed by atoms with Gasteiger partial charge in [-0.25, -0.2) is 0 Å². The molecule has 0 aliphatic rings. The maximum atomic E-state index is 12.1. The molecule has 2 aromatic rings. The Morgan fingerprint density at radius 2 is 1.83 bits per heavy atom. The molecule has 0 unspecified atom stereocenters. The van der Waals surface area contributed by atoms with E-state index in [2.05, 4.69) is 9.97 Å². The Labute approximate surface area is 136 Å². The highest BCUT2D eigenvalue weighted by Crippen LogP contribution is 2.35. The van der Waals surface area contributed by atoms with Crippen LogP contribution in [0.1, 0.15) is 16.8 Å². The van der Waals surface area contributed by atoms with Crippen molar-refractivity contribution in [3.63, 3.8) is 0 Å². The van der Waals surface area contributed by atoms with Crippen molar-refractivity contribution >= 4 is 17.9 Å². The second kappa shape index (κ2) is 6.61. The molecule has 0 bridgehead atoms. The number of methoxy groups -OCH3 is 2. The number of benzene rings is 1. The molecule has 2 rings (SSSR count). The van der Waals surface area contributed by atoms with Gasteiger partial charge in [0.15, 0.2) is 16.3 Å². The Balaban J connectivity index is 2.61. The summed E-state index contributed by atoms with van der Waals surface area (Å²) in [5.74, 6) is 0.604. The number of nitrogens with one attached hydrogen (secondary N) is 2. The molecule has 0 radical (unpaired) electrons. The van der Waals surface area contributed by atoms with E-state index in [1.54, 1.807) is 6.92 Å². The van der Waals surface area contributed by atoms with Crippen molar-refractivity contribution in [1.29, 1.82) is 0 Å². The van der Waals surface area contributed by atoms with Crippen molar-refractivity contribution < 1.29 is 14.4 Å². The third-order valence-corrected chi connectivity index (χ3v) is 3.61. The Morgan fingerprint density at radius 1 is 1.22 bits per heavy atom. The van der Waals surface area contributed by atoms with Crippen LogP contribution in [0, 0.1) is 21.8 Å². The van der Waals surface area contributed by atoms with E-state index >= 15 is 0 Å². The lowest BCUT2D eigenvalue weighted by atomic mass is 10.0. The molecular formula is C14H15N3O5S. The quantitative estimate of drug-likeness (QED) is 0.492. The van der Waals surface area contributed by atoms with Gasteiger partial charge in [-0.1, -0.05) is 0 Å². The van der Waals surface area contributed by atoms with Gasteiger partial charge in [-0.2, -0.15) is 0 Å². The fraction of sp³-hybridized carbons (Fsp3) is 0.286. The van der Waals surface area contributed by atoms with E-state index in [4.69, 9.17) is 21.7 Å². The minimum atomic E-state index is -0.522. The lowest BCUT2D eigenvalue weighted by Crippen LogP contribution is -2.17. The van der Waals surface area contributed by atoms with Gasteiger partial charge < -0.3 is 14.5 Å². The Hall–Kier alpha value is -2.68. The number of nitro groups is 1. The molecule has 0 aliphatic carbocycles. The summed E-state index contributed by atoms with van der Waals surface area (Å²) < 4.78 is 10.5. The third-order valence-electron chi connectivity index (χ3n) is 3.40. The maximum absolute atomic E-state index is 12.1. The number of hydrogen-bond donors (Lipinski definition) is 2. The van der Waals surface area contributed by atoms with Crippen LogP contribution in [0.2, 0.25) is 0 Å². The first-order valence-corrected chi connectivity index (χ1v) is 6.99. The van der Waals surface area contributed by atoms with Crippen LogP contribution in [0.3, 0.4) is 0 Å². The molecule has 0 saturated carbocycles. The Morgan fingerprint density at radius 3 is 2.35 bits per heavy atom.